The van der Waals surface area contributed by atoms with Crippen molar-refractivity contribution < 1.29 is 19.1 Å². The lowest BCUT2D eigenvalue weighted by Crippen LogP contribution is -2.49. The number of morpholine rings is 1. The largest absolute Gasteiger partial charge is 0.467 e. The van der Waals surface area contributed by atoms with Crippen molar-refractivity contribution in [2.45, 2.75) is 26.5 Å². The average Bonchev–Trinajstić information content (AvgIpc) is 2.80. The average molecular weight is 296 g/mol. The molecule has 0 saturated carbocycles. The molecule has 8 nitrogen and oxygen atoms in total. The second kappa shape index (κ2) is 6.13. The molecule has 1 aliphatic heterocycles. The second-order valence-corrected chi connectivity index (χ2v) is 4.80. The minimum absolute atomic E-state index is 0.152. The summed E-state index contributed by atoms with van der Waals surface area (Å²) >= 11 is 0. The van der Waals surface area contributed by atoms with Gasteiger partial charge in [0.15, 0.2) is 6.10 Å². The number of nitrogens with zero attached hydrogens (tertiary/aromatic N) is 3. The van der Waals surface area contributed by atoms with E-state index < -0.39 is 12.1 Å². The molecule has 1 aromatic heterocycles. The molecule has 1 aromatic rings. The summed E-state index contributed by atoms with van der Waals surface area (Å²) in [6.07, 6.45) is -0.756. The quantitative estimate of drug-likeness (QED) is 0.776. The monoisotopic (exact) mass is 296 g/mol. The number of carbonyl (C=O) groups excluding carboxylic acids is 2. The van der Waals surface area contributed by atoms with Gasteiger partial charge >= 0.3 is 5.97 Å². The molecule has 1 aliphatic rings. The fourth-order valence-corrected chi connectivity index (χ4v) is 2.31. The van der Waals surface area contributed by atoms with Crippen LogP contribution in [-0.2, 0) is 20.8 Å². The van der Waals surface area contributed by atoms with Gasteiger partial charge in [-0.1, -0.05) is 0 Å². The predicted octanol–water partition coefficient (Wildman–Crippen LogP) is -0.192. The number of esters is 1. The lowest BCUT2D eigenvalue weighted by molar-refractivity contribution is -0.158. The first kappa shape index (κ1) is 15.3. The number of aryl methyl sites for hydroxylation is 2. The molecule has 2 rings (SSSR count). The number of hydrogen-bond donors (Lipinski definition) is 1. The first-order valence-corrected chi connectivity index (χ1v) is 6.81. The van der Waals surface area contributed by atoms with Crippen molar-refractivity contribution in [3.63, 3.8) is 0 Å². The van der Waals surface area contributed by atoms with E-state index in [1.54, 1.807) is 16.5 Å². The van der Waals surface area contributed by atoms with Gasteiger partial charge in [0.25, 0.3) is 5.91 Å². The summed E-state index contributed by atoms with van der Waals surface area (Å²) in [7, 11) is 1.29. The van der Waals surface area contributed by atoms with Crippen molar-refractivity contribution in [3.05, 3.63) is 11.4 Å². The summed E-state index contributed by atoms with van der Waals surface area (Å²) in [5.41, 5.74) is 7.32. The highest BCUT2D eigenvalue weighted by Gasteiger charge is 2.32. The predicted molar refractivity (Wildman–Crippen MR) is 74.7 cm³/mol. The van der Waals surface area contributed by atoms with Crippen LogP contribution in [-0.4, -0.2) is 59.5 Å². The van der Waals surface area contributed by atoms with Gasteiger partial charge in [0.05, 0.1) is 31.6 Å². The molecular weight excluding hydrogens is 276 g/mol. The highest BCUT2D eigenvalue weighted by atomic mass is 16.6. The van der Waals surface area contributed by atoms with Gasteiger partial charge < -0.3 is 20.1 Å². The molecule has 2 N–H and O–H groups in total. The number of ether oxygens (including phenoxy) is 2. The maximum Gasteiger partial charge on any atom is 0.336 e. The van der Waals surface area contributed by atoms with E-state index in [1.807, 2.05) is 6.92 Å². The summed E-state index contributed by atoms with van der Waals surface area (Å²) in [5, 5.41) is 4.24. The Morgan fingerprint density at radius 1 is 1.52 bits per heavy atom. The van der Waals surface area contributed by atoms with Crippen LogP contribution in [0.2, 0.25) is 0 Å². The normalized spacial score (nSPS) is 18.6. The van der Waals surface area contributed by atoms with Crippen molar-refractivity contribution in [2.75, 3.05) is 32.5 Å². The molecule has 1 unspecified atom stereocenters. The van der Waals surface area contributed by atoms with E-state index in [2.05, 4.69) is 9.84 Å². The zero-order valence-electron chi connectivity index (χ0n) is 12.5. The number of nitrogen functional groups attached to an aromatic ring is 1. The Bertz CT molecular complexity index is 555. The van der Waals surface area contributed by atoms with Crippen LogP contribution >= 0.6 is 0 Å². The summed E-state index contributed by atoms with van der Waals surface area (Å²) < 4.78 is 11.5. The van der Waals surface area contributed by atoms with Crippen molar-refractivity contribution in [3.8, 4) is 0 Å². The molecule has 0 bridgehead atoms. The van der Waals surface area contributed by atoms with E-state index in [4.69, 9.17) is 10.5 Å². The first-order valence-electron chi connectivity index (χ1n) is 6.81. The number of rotatable bonds is 3. The van der Waals surface area contributed by atoms with Gasteiger partial charge in [-0.3, -0.25) is 9.48 Å². The standard InChI is InChI=1S/C13H20N4O4/c1-4-17-11(10(14)8(2)15-17)12(18)16-5-6-21-9(7-16)13(19)20-3/h9H,4-7,14H2,1-3H3. The molecule has 0 radical (unpaired) electrons. The molecule has 0 aromatic carbocycles. The number of carbonyl (C=O) groups is 2. The lowest BCUT2D eigenvalue weighted by atomic mass is 10.2. The summed E-state index contributed by atoms with van der Waals surface area (Å²) in [6, 6.07) is 0. The van der Waals surface area contributed by atoms with E-state index in [0.29, 0.717) is 30.2 Å². The molecule has 1 fully saturated rings. The van der Waals surface area contributed by atoms with Crippen LogP contribution < -0.4 is 5.73 Å². The smallest absolute Gasteiger partial charge is 0.336 e. The fourth-order valence-electron chi connectivity index (χ4n) is 2.31. The Balaban J connectivity index is 2.22. The van der Waals surface area contributed by atoms with E-state index in [9.17, 15) is 9.59 Å². The molecule has 116 valence electrons. The van der Waals surface area contributed by atoms with Crippen LogP contribution in [0.25, 0.3) is 0 Å². The fraction of sp³-hybridized carbons (Fsp3) is 0.615. The number of methoxy groups -OCH3 is 1. The molecule has 1 atom stereocenters. The highest BCUT2D eigenvalue weighted by molar-refractivity contribution is 5.98. The van der Waals surface area contributed by atoms with Crippen molar-refractivity contribution in [1.29, 1.82) is 0 Å². The Morgan fingerprint density at radius 3 is 2.86 bits per heavy atom. The Kier molecular flexibility index (Phi) is 4.46. The van der Waals surface area contributed by atoms with Crippen LogP contribution in [0.3, 0.4) is 0 Å². The minimum Gasteiger partial charge on any atom is -0.467 e. The van der Waals surface area contributed by atoms with Gasteiger partial charge in [-0.15, -0.1) is 0 Å². The molecule has 1 amide bonds. The number of aromatic nitrogens is 2. The minimum atomic E-state index is -0.756. The van der Waals surface area contributed by atoms with Gasteiger partial charge in [0.2, 0.25) is 0 Å². The summed E-state index contributed by atoms with van der Waals surface area (Å²) in [4.78, 5) is 25.7. The lowest BCUT2D eigenvalue weighted by Gasteiger charge is -2.31. The highest BCUT2D eigenvalue weighted by Crippen LogP contribution is 2.20. The molecule has 21 heavy (non-hydrogen) atoms. The maximum atomic E-state index is 12.6. The second-order valence-electron chi connectivity index (χ2n) is 4.80. The maximum absolute atomic E-state index is 12.6. The molecule has 1 saturated heterocycles. The van der Waals surface area contributed by atoms with Crippen LogP contribution in [0.1, 0.15) is 23.1 Å². The Morgan fingerprint density at radius 2 is 2.24 bits per heavy atom. The number of amides is 1. The van der Waals surface area contributed by atoms with Crippen LogP contribution in [0.15, 0.2) is 0 Å². The van der Waals surface area contributed by atoms with Crippen LogP contribution in [0.4, 0.5) is 5.69 Å². The van der Waals surface area contributed by atoms with Gasteiger partial charge in [0, 0.05) is 13.1 Å². The third-order valence-electron chi connectivity index (χ3n) is 3.49. The van der Waals surface area contributed by atoms with Gasteiger partial charge in [-0.05, 0) is 13.8 Å². The van der Waals surface area contributed by atoms with E-state index >= 15 is 0 Å². The van der Waals surface area contributed by atoms with Crippen LogP contribution in [0.5, 0.6) is 0 Å². The summed E-state index contributed by atoms with van der Waals surface area (Å²) in [5.74, 6) is -0.729. The zero-order valence-corrected chi connectivity index (χ0v) is 12.5. The SMILES string of the molecule is CCn1nc(C)c(N)c1C(=O)N1CCOC(C(=O)OC)C1. The third kappa shape index (κ3) is 2.85. The van der Waals surface area contributed by atoms with Crippen molar-refractivity contribution >= 4 is 17.6 Å². The number of anilines is 1. The summed E-state index contributed by atoms with van der Waals surface area (Å²) in [6.45, 7) is 5.03. The zero-order chi connectivity index (χ0) is 15.6. The van der Waals surface area contributed by atoms with Gasteiger partial charge in [0.1, 0.15) is 5.69 Å². The molecule has 2 heterocycles. The van der Waals surface area contributed by atoms with E-state index in [-0.39, 0.29) is 19.1 Å². The van der Waals surface area contributed by atoms with E-state index in [0.717, 1.165) is 0 Å². The topological polar surface area (TPSA) is 99.7 Å². The molecule has 0 aliphatic carbocycles. The first-order chi connectivity index (χ1) is 9.99. The number of nitrogens with two attached hydrogens (primary N) is 1. The van der Waals surface area contributed by atoms with Gasteiger partial charge in [-0.25, -0.2) is 4.79 Å². The van der Waals surface area contributed by atoms with Gasteiger partial charge in [-0.2, -0.15) is 5.10 Å². The van der Waals surface area contributed by atoms with Crippen molar-refractivity contribution in [2.24, 2.45) is 0 Å². The van der Waals surface area contributed by atoms with E-state index in [1.165, 1.54) is 7.11 Å². The third-order valence-corrected chi connectivity index (χ3v) is 3.49. The molecular formula is C13H20N4O4. The number of hydrogen-bond acceptors (Lipinski definition) is 6. The van der Waals surface area contributed by atoms with Crippen LogP contribution in [0, 0.1) is 6.92 Å². The molecule has 8 heteroatoms. The molecule has 0 spiro atoms. The van der Waals surface area contributed by atoms with Crippen molar-refractivity contribution in [1.82, 2.24) is 14.7 Å². The Labute approximate surface area is 122 Å². The Hall–Kier alpha value is -2.09.